The Kier molecular flexibility index (Phi) is 9.00. The Morgan fingerprint density at radius 3 is 1.50 bits per heavy atom. The highest BCUT2D eigenvalue weighted by Crippen LogP contribution is 2.44. The van der Waals surface area contributed by atoms with E-state index in [1.165, 1.54) is 36.7 Å². The zero-order valence-corrected chi connectivity index (χ0v) is 36.3. The maximum Gasteiger partial charge on any atom is 0.164 e. The molecular formula is C61H37N3OS. The molecule has 3 heterocycles. The second-order valence-electron chi connectivity index (χ2n) is 16.7. The van der Waals surface area contributed by atoms with Gasteiger partial charge in [-0.25, -0.2) is 15.0 Å². The molecule has 0 bridgehead atoms. The standard InChI is InChI=1S/C61H37N3OS/c1-3-13-38(14-4-1)39-23-27-42(28-24-39)59-62-60(64-61(63-59)46-31-32-57-52(34-46)50-21-11-12-22-56(50)66-57)43-29-25-41(26-30-43)51-35-47(49-20-10-9-19-48(49)40-15-5-2-6-16-40)37-55-58(51)53-33-44-17-7-8-18-45(44)36-54(53)65-55/h1-37H. The predicted octanol–water partition coefficient (Wildman–Crippen LogP) is 17.0. The monoisotopic (exact) mass is 859 g/mol. The van der Waals surface area contributed by atoms with Crippen molar-refractivity contribution in [2.24, 2.45) is 0 Å². The van der Waals surface area contributed by atoms with Gasteiger partial charge in [-0.15, -0.1) is 11.3 Å². The quantitative estimate of drug-likeness (QED) is 0.160. The molecule has 0 saturated heterocycles. The van der Waals surface area contributed by atoms with Gasteiger partial charge in [-0.3, -0.25) is 0 Å². The van der Waals surface area contributed by atoms with Crippen molar-refractivity contribution in [3.8, 4) is 78.7 Å². The fourth-order valence-corrected chi connectivity index (χ4v) is 10.5. The molecule has 13 rings (SSSR count). The molecule has 0 spiro atoms. The summed E-state index contributed by atoms with van der Waals surface area (Å²) in [5, 5.41) is 6.94. The number of hydrogen-bond acceptors (Lipinski definition) is 5. The van der Waals surface area contributed by atoms with E-state index in [-0.39, 0.29) is 0 Å². The highest BCUT2D eigenvalue weighted by atomic mass is 32.1. The minimum atomic E-state index is 0.611. The van der Waals surface area contributed by atoms with Crippen LogP contribution in [-0.4, -0.2) is 15.0 Å². The van der Waals surface area contributed by atoms with Crippen molar-refractivity contribution in [1.82, 2.24) is 15.0 Å². The first-order chi connectivity index (χ1) is 32.7. The minimum absolute atomic E-state index is 0.611. The molecule has 0 amide bonds. The molecule has 0 atom stereocenters. The summed E-state index contributed by atoms with van der Waals surface area (Å²) >= 11 is 1.81. The summed E-state index contributed by atoms with van der Waals surface area (Å²) in [5.74, 6) is 1.87. The largest absolute Gasteiger partial charge is 0.456 e. The first-order valence-electron chi connectivity index (χ1n) is 22.2. The molecule has 66 heavy (non-hydrogen) atoms. The summed E-state index contributed by atoms with van der Waals surface area (Å²) in [6.07, 6.45) is 0. The van der Waals surface area contributed by atoms with Crippen LogP contribution in [0.5, 0.6) is 0 Å². The fourth-order valence-electron chi connectivity index (χ4n) is 9.45. The summed E-state index contributed by atoms with van der Waals surface area (Å²) in [4.78, 5) is 15.5. The molecule has 0 aliphatic heterocycles. The van der Waals surface area contributed by atoms with Crippen molar-refractivity contribution in [3.05, 3.63) is 224 Å². The van der Waals surface area contributed by atoms with Crippen LogP contribution in [0.3, 0.4) is 0 Å². The number of thiophene rings is 1. The number of benzene rings is 10. The maximum absolute atomic E-state index is 6.79. The van der Waals surface area contributed by atoms with E-state index in [9.17, 15) is 0 Å². The molecule has 0 unspecified atom stereocenters. The second kappa shape index (κ2) is 15.6. The molecule has 10 aromatic carbocycles. The van der Waals surface area contributed by atoms with Crippen LogP contribution < -0.4 is 0 Å². The molecule has 0 fully saturated rings. The van der Waals surface area contributed by atoms with Gasteiger partial charge in [-0.2, -0.15) is 0 Å². The Balaban J connectivity index is 0.967. The van der Waals surface area contributed by atoms with E-state index in [0.717, 1.165) is 77.4 Å². The van der Waals surface area contributed by atoms with Crippen molar-refractivity contribution in [3.63, 3.8) is 0 Å². The number of hydrogen-bond donors (Lipinski definition) is 0. The smallest absolute Gasteiger partial charge is 0.164 e. The highest BCUT2D eigenvalue weighted by Gasteiger charge is 2.19. The van der Waals surface area contributed by atoms with Crippen LogP contribution in [0.15, 0.2) is 229 Å². The normalized spacial score (nSPS) is 11.6. The molecule has 13 aromatic rings. The van der Waals surface area contributed by atoms with E-state index in [1.807, 2.05) is 6.07 Å². The molecule has 4 nitrogen and oxygen atoms in total. The van der Waals surface area contributed by atoms with Crippen molar-refractivity contribution in [2.45, 2.75) is 0 Å². The highest BCUT2D eigenvalue weighted by molar-refractivity contribution is 7.25. The first-order valence-corrected chi connectivity index (χ1v) is 23.0. The summed E-state index contributed by atoms with van der Waals surface area (Å²) in [6.45, 7) is 0. The molecule has 5 heteroatoms. The lowest BCUT2D eigenvalue weighted by Gasteiger charge is -2.13. The van der Waals surface area contributed by atoms with E-state index >= 15 is 0 Å². The molecule has 0 N–H and O–H groups in total. The lowest BCUT2D eigenvalue weighted by Crippen LogP contribution is -2.00. The van der Waals surface area contributed by atoms with E-state index in [4.69, 9.17) is 19.4 Å². The average molecular weight is 860 g/mol. The first kappa shape index (κ1) is 38.0. The van der Waals surface area contributed by atoms with Gasteiger partial charge in [-0.05, 0) is 104 Å². The van der Waals surface area contributed by atoms with E-state index in [0.29, 0.717) is 17.5 Å². The van der Waals surface area contributed by atoms with Gasteiger partial charge in [0.05, 0.1) is 0 Å². The van der Waals surface area contributed by atoms with E-state index < -0.39 is 0 Å². The maximum atomic E-state index is 6.79. The third-order valence-electron chi connectivity index (χ3n) is 12.7. The van der Waals surface area contributed by atoms with Gasteiger partial charge >= 0.3 is 0 Å². The molecular weight excluding hydrogens is 823 g/mol. The number of rotatable bonds is 7. The van der Waals surface area contributed by atoms with Crippen LogP contribution in [-0.2, 0) is 0 Å². The van der Waals surface area contributed by atoms with Crippen molar-refractivity contribution in [2.75, 3.05) is 0 Å². The Morgan fingerprint density at radius 2 is 0.788 bits per heavy atom. The summed E-state index contributed by atoms with van der Waals surface area (Å²) in [5.41, 5.74) is 13.5. The summed E-state index contributed by atoms with van der Waals surface area (Å²) < 4.78 is 9.29. The molecule has 308 valence electrons. The zero-order chi connectivity index (χ0) is 43.6. The second-order valence-corrected chi connectivity index (χ2v) is 17.8. The van der Waals surface area contributed by atoms with Crippen molar-refractivity contribution < 1.29 is 4.42 Å². The molecule has 3 aromatic heterocycles. The van der Waals surface area contributed by atoms with Crippen LogP contribution in [0.1, 0.15) is 0 Å². The molecule has 0 aliphatic carbocycles. The summed E-state index contributed by atoms with van der Waals surface area (Å²) in [7, 11) is 0. The predicted molar refractivity (Wildman–Crippen MR) is 276 cm³/mol. The lowest BCUT2D eigenvalue weighted by atomic mass is 9.90. The van der Waals surface area contributed by atoms with Gasteiger partial charge in [0.2, 0.25) is 0 Å². The molecule has 0 radical (unpaired) electrons. The Bertz CT molecular complexity index is 3970. The number of aromatic nitrogens is 3. The lowest BCUT2D eigenvalue weighted by molar-refractivity contribution is 0.669. The fraction of sp³-hybridized carbons (Fsp3) is 0. The van der Waals surface area contributed by atoms with Gasteiger partial charge in [0, 0.05) is 47.6 Å². The Hall–Kier alpha value is -8.51. The third kappa shape index (κ3) is 6.64. The summed E-state index contributed by atoms with van der Waals surface area (Å²) in [6, 6.07) is 79.4. The SMILES string of the molecule is c1ccc(-c2ccc(-c3nc(-c4ccc(-c5cc(-c6ccccc6-c6ccccc6)cc6oc7cc8ccccc8cc7c56)cc4)nc(-c4ccc5sc6ccccc6c5c4)n3)cc2)cc1. The number of fused-ring (bicyclic) bond motifs is 7. The van der Waals surface area contributed by atoms with Crippen LogP contribution >= 0.6 is 11.3 Å². The van der Waals surface area contributed by atoms with Crippen LogP contribution in [0.4, 0.5) is 0 Å². The number of nitrogens with zero attached hydrogens (tertiary/aromatic N) is 3. The van der Waals surface area contributed by atoms with Gasteiger partial charge < -0.3 is 4.42 Å². The van der Waals surface area contributed by atoms with Gasteiger partial charge in [-0.1, -0.05) is 176 Å². The number of furan rings is 1. The van der Waals surface area contributed by atoms with Crippen molar-refractivity contribution in [1.29, 1.82) is 0 Å². The Morgan fingerprint density at radius 1 is 0.288 bits per heavy atom. The van der Waals surface area contributed by atoms with E-state index in [2.05, 4.69) is 218 Å². The average Bonchev–Trinajstić information content (AvgIpc) is 3.95. The van der Waals surface area contributed by atoms with Gasteiger partial charge in [0.15, 0.2) is 17.5 Å². The van der Waals surface area contributed by atoms with Crippen LogP contribution in [0.25, 0.3) is 132 Å². The Labute approximate surface area is 384 Å². The topological polar surface area (TPSA) is 51.8 Å². The van der Waals surface area contributed by atoms with Gasteiger partial charge in [0.25, 0.3) is 0 Å². The molecule has 0 aliphatic rings. The van der Waals surface area contributed by atoms with Crippen molar-refractivity contribution >= 4 is 64.2 Å². The van der Waals surface area contributed by atoms with Crippen LogP contribution in [0.2, 0.25) is 0 Å². The zero-order valence-electron chi connectivity index (χ0n) is 35.5. The third-order valence-corrected chi connectivity index (χ3v) is 13.9. The van der Waals surface area contributed by atoms with Gasteiger partial charge in [0.1, 0.15) is 11.2 Å². The van der Waals surface area contributed by atoms with E-state index in [1.54, 1.807) is 11.3 Å². The van der Waals surface area contributed by atoms with Crippen LogP contribution in [0, 0.1) is 0 Å². The molecule has 0 saturated carbocycles. The minimum Gasteiger partial charge on any atom is -0.456 e.